The fourth-order valence-electron chi connectivity index (χ4n) is 2.38. The van der Waals surface area contributed by atoms with Crippen molar-refractivity contribution in [2.45, 2.75) is 18.4 Å². The molecule has 0 saturated carbocycles. The van der Waals surface area contributed by atoms with Gasteiger partial charge < -0.3 is 10.1 Å². The summed E-state index contributed by atoms with van der Waals surface area (Å²) in [5.74, 6) is 0.851. The molecule has 0 aliphatic heterocycles. The molecule has 0 bridgehead atoms. The summed E-state index contributed by atoms with van der Waals surface area (Å²) in [5.41, 5.74) is 2.73. The summed E-state index contributed by atoms with van der Waals surface area (Å²) < 4.78 is 29.2. The third-order valence-corrected chi connectivity index (χ3v) is 4.79. The van der Waals surface area contributed by atoms with Crippen LogP contribution in [-0.2, 0) is 16.4 Å². The highest BCUT2D eigenvalue weighted by atomic mass is 32.2. The normalized spacial score (nSPS) is 11.2. The Morgan fingerprint density at radius 1 is 1.04 bits per heavy atom. The molecular formula is C19H19N3O3S. The van der Waals surface area contributed by atoms with Gasteiger partial charge >= 0.3 is 0 Å². The highest BCUT2D eigenvalue weighted by Gasteiger charge is 2.10. The first-order chi connectivity index (χ1) is 12.4. The van der Waals surface area contributed by atoms with Crippen molar-refractivity contribution in [3.05, 3.63) is 72.2 Å². The van der Waals surface area contributed by atoms with Crippen LogP contribution in [0.15, 0.2) is 65.8 Å². The van der Waals surface area contributed by atoms with Gasteiger partial charge in [-0.2, -0.15) is 0 Å². The van der Waals surface area contributed by atoms with E-state index in [0.717, 1.165) is 16.9 Å². The molecule has 26 heavy (non-hydrogen) atoms. The molecule has 3 aromatic rings. The lowest BCUT2D eigenvalue weighted by Crippen LogP contribution is -2.03. The molecule has 6 nitrogen and oxygen atoms in total. The largest absolute Gasteiger partial charge is 0.439 e. The SMILES string of the molecule is Cc1cc(NCc2cccnc2Oc2cccc(S(C)(=O)=O)c2)ccn1. The van der Waals surface area contributed by atoms with Crippen LogP contribution in [0.5, 0.6) is 11.6 Å². The van der Waals surface area contributed by atoms with E-state index in [2.05, 4.69) is 15.3 Å². The number of aryl methyl sites for hydroxylation is 1. The van der Waals surface area contributed by atoms with Gasteiger partial charge in [-0.3, -0.25) is 4.98 Å². The number of nitrogens with zero attached hydrogens (tertiary/aromatic N) is 2. The van der Waals surface area contributed by atoms with Crippen molar-refractivity contribution in [1.29, 1.82) is 0 Å². The smallest absolute Gasteiger partial charge is 0.224 e. The molecular weight excluding hydrogens is 350 g/mol. The number of rotatable bonds is 6. The third kappa shape index (κ3) is 4.58. The Bertz CT molecular complexity index is 1020. The van der Waals surface area contributed by atoms with E-state index in [9.17, 15) is 8.42 Å². The minimum absolute atomic E-state index is 0.206. The lowest BCUT2D eigenvalue weighted by atomic mass is 10.2. The Kier molecular flexibility index (Phi) is 5.18. The van der Waals surface area contributed by atoms with Crippen LogP contribution in [0.25, 0.3) is 0 Å². The lowest BCUT2D eigenvalue weighted by Gasteiger charge is -2.12. The molecule has 0 unspecified atom stereocenters. The second-order valence-electron chi connectivity index (χ2n) is 5.86. The molecule has 2 heterocycles. The van der Waals surface area contributed by atoms with Gasteiger partial charge in [0.2, 0.25) is 5.88 Å². The zero-order valence-corrected chi connectivity index (χ0v) is 15.3. The molecule has 0 spiro atoms. The van der Waals surface area contributed by atoms with Gasteiger partial charge in [0.25, 0.3) is 0 Å². The Hall–Kier alpha value is -2.93. The van der Waals surface area contributed by atoms with E-state index in [1.165, 1.54) is 18.4 Å². The summed E-state index contributed by atoms with van der Waals surface area (Å²) in [7, 11) is -3.30. The van der Waals surface area contributed by atoms with Gasteiger partial charge in [0.1, 0.15) is 5.75 Å². The van der Waals surface area contributed by atoms with Crippen LogP contribution >= 0.6 is 0 Å². The average Bonchev–Trinajstić information content (AvgIpc) is 2.61. The summed E-state index contributed by atoms with van der Waals surface area (Å²) in [5, 5.41) is 3.31. The zero-order chi connectivity index (χ0) is 18.6. The van der Waals surface area contributed by atoms with E-state index in [-0.39, 0.29) is 4.90 Å². The predicted octanol–water partition coefficient (Wildman–Crippen LogP) is 3.59. The summed E-state index contributed by atoms with van der Waals surface area (Å²) >= 11 is 0. The molecule has 134 valence electrons. The first-order valence-electron chi connectivity index (χ1n) is 8.00. The summed E-state index contributed by atoms with van der Waals surface area (Å²) in [6.45, 7) is 2.44. The van der Waals surface area contributed by atoms with E-state index in [1.807, 2.05) is 31.2 Å². The molecule has 0 amide bonds. The van der Waals surface area contributed by atoms with E-state index in [0.29, 0.717) is 18.2 Å². The molecule has 2 aromatic heterocycles. The molecule has 0 fully saturated rings. The maximum atomic E-state index is 11.7. The van der Waals surface area contributed by atoms with Crippen molar-refractivity contribution in [1.82, 2.24) is 9.97 Å². The van der Waals surface area contributed by atoms with Crippen LogP contribution in [0.4, 0.5) is 5.69 Å². The van der Waals surface area contributed by atoms with Gasteiger partial charge in [-0.25, -0.2) is 13.4 Å². The Labute approximate surface area is 152 Å². The van der Waals surface area contributed by atoms with Gasteiger partial charge in [0.05, 0.1) is 4.90 Å². The average molecular weight is 369 g/mol. The summed E-state index contributed by atoms with van der Waals surface area (Å²) in [6.07, 6.45) is 4.55. The van der Waals surface area contributed by atoms with Crippen LogP contribution in [0, 0.1) is 6.92 Å². The van der Waals surface area contributed by atoms with Crippen molar-refractivity contribution < 1.29 is 13.2 Å². The minimum Gasteiger partial charge on any atom is -0.439 e. The number of hydrogen-bond donors (Lipinski definition) is 1. The van der Waals surface area contributed by atoms with Crippen LogP contribution in [0.3, 0.4) is 0 Å². The predicted molar refractivity (Wildman–Crippen MR) is 100 cm³/mol. The van der Waals surface area contributed by atoms with Crippen molar-refractivity contribution in [2.75, 3.05) is 11.6 Å². The highest BCUT2D eigenvalue weighted by molar-refractivity contribution is 7.90. The molecule has 0 aliphatic rings. The highest BCUT2D eigenvalue weighted by Crippen LogP contribution is 2.25. The standard InChI is InChI=1S/C19H19N3O3S/c1-14-11-16(8-10-20-14)22-13-15-5-4-9-21-19(15)25-17-6-3-7-18(12-17)26(2,23)24/h3-12H,13H2,1-2H3,(H,20,22). The summed E-state index contributed by atoms with van der Waals surface area (Å²) in [4.78, 5) is 8.65. The number of hydrogen-bond acceptors (Lipinski definition) is 6. The molecule has 3 rings (SSSR count). The number of aromatic nitrogens is 2. The third-order valence-electron chi connectivity index (χ3n) is 3.68. The number of benzene rings is 1. The Balaban J connectivity index is 1.79. The number of anilines is 1. The monoisotopic (exact) mass is 369 g/mol. The molecule has 0 atom stereocenters. The second-order valence-corrected chi connectivity index (χ2v) is 7.87. The van der Waals surface area contributed by atoms with Crippen LogP contribution in [0.2, 0.25) is 0 Å². The van der Waals surface area contributed by atoms with E-state index in [1.54, 1.807) is 24.5 Å². The van der Waals surface area contributed by atoms with Gasteiger partial charge in [-0.05, 0) is 43.3 Å². The quantitative estimate of drug-likeness (QED) is 0.715. The Morgan fingerprint density at radius 3 is 2.65 bits per heavy atom. The van der Waals surface area contributed by atoms with E-state index >= 15 is 0 Å². The van der Waals surface area contributed by atoms with E-state index < -0.39 is 9.84 Å². The molecule has 1 N–H and O–H groups in total. The molecule has 0 aliphatic carbocycles. The first-order valence-corrected chi connectivity index (χ1v) is 9.89. The lowest BCUT2D eigenvalue weighted by molar-refractivity contribution is 0.455. The van der Waals surface area contributed by atoms with Gasteiger partial charge in [0.15, 0.2) is 9.84 Å². The number of pyridine rings is 2. The number of nitrogens with one attached hydrogen (secondary N) is 1. The topological polar surface area (TPSA) is 81.2 Å². The van der Waals surface area contributed by atoms with Crippen molar-refractivity contribution in [3.63, 3.8) is 0 Å². The van der Waals surface area contributed by atoms with Crippen molar-refractivity contribution in [2.24, 2.45) is 0 Å². The van der Waals surface area contributed by atoms with Crippen molar-refractivity contribution in [3.8, 4) is 11.6 Å². The fraction of sp³-hybridized carbons (Fsp3) is 0.158. The van der Waals surface area contributed by atoms with Crippen LogP contribution < -0.4 is 10.1 Å². The first kappa shape index (κ1) is 17.9. The molecule has 0 saturated heterocycles. The Morgan fingerprint density at radius 2 is 1.88 bits per heavy atom. The van der Waals surface area contributed by atoms with Crippen LogP contribution in [-0.4, -0.2) is 24.6 Å². The minimum atomic E-state index is -3.30. The molecule has 1 aromatic carbocycles. The van der Waals surface area contributed by atoms with Gasteiger partial charge in [-0.1, -0.05) is 12.1 Å². The number of sulfone groups is 1. The second kappa shape index (κ2) is 7.53. The van der Waals surface area contributed by atoms with Crippen LogP contribution in [0.1, 0.15) is 11.3 Å². The van der Waals surface area contributed by atoms with Crippen molar-refractivity contribution >= 4 is 15.5 Å². The zero-order valence-electron chi connectivity index (χ0n) is 14.5. The van der Waals surface area contributed by atoms with Gasteiger partial charge in [0, 0.05) is 42.1 Å². The molecule has 0 radical (unpaired) electrons. The number of ether oxygens (including phenoxy) is 1. The summed E-state index contributed by atoms with van der Waals surface area (Å²) in [6, 6.07) is 14.0. The van der Waals surface area contributed by atoms with E-state index in [4.69, 9.17) is 4.74 Å². The maximum absolute atomic E-state index is 11.7. The maximum Gasteiger partial charge on any atom is 0.224 e. The molecule has 7 heteroatoms. The van der Waals surface area contributed by atoms with Gasteiger partial charge in [-0.15, -0.1) is 0 Å². The fourth-order valence-corrected chi connectivity index (χ4v) is 3.04.